The minimum Gasteiger partial charge on any atom is -0.268 e. The number of anilines is 1. The number of thiophene rings is 2. The van der Waals surface area contributed by atoms with Crippen LogP contribution in [-0.4, -0.2) is 21.8 Å². The topological polar surface area (TPSA) is 63.2 Å². The Kier molecular flexibility index (Phi) is 5.11. The van der Waals surface area contributed by atoms with Gasteiger partial charge in [0.2, 0.25) is 5.95 Å². The third-order valence-electron chi connectivity index (χ3n) is 4.67. The quantitative estimate of drug-likeness (QED) is 0.371. The number of imide groups is 1. The molecule has 1 aromatic carbocycles. The van der Waals surface area contributed by atoms with Gasteiger partial charge in [0.05, 0.1) is 22.5 Å². The second kappa shape index (κ2) is 8.22. The molecule has 0 radical (unpaired) electrons. The molecule has 0 saturated heterocycles. The Morgan fingerprint density at radius 2 is 1.19 bits per heavy atom. The lowest BCUT2D eigenvalue weighted by molar-refractivity contribution is 0.0924. The van der Waals surface area contributed by atoms with Crippen LogP contribution in [0.3, 0.4) is 0 Å². The molecular weight excluding hydrogens is 426 g/mol. The van der Waals surface area contributed by atoms with Crippen molar-refractivity contribution < 1.29 is 9.59 Å². The molecular formula is C24H15N3O2S2. The second-order valence-corrected chi connectivity index (χ2v) is 8.67. The van der Waals surface area contributed by atoms with E-state index in [-0.39, 0.29) is 5.95 Å². The van der Waals surface area contributed by atoms with E-state index in [0.29, 0.717) is 22.5 Å². The second-order valence-electron chi connectivity index (χ2n) is 6.71. The summed E-state index contributed by atoms with van der Waals surface area (Å²) in [6.45, 7) is 0. The van der Waals surface area contributed by atoms with Crippen molar-refractivity contribution in [2.75, 3.05) is 4.90 Å². The van der Waals surface area contributed by atoms with Crippen LogP contribution < -0.4 is 4.90 Å². The van der Waals surface area contributed by atoms with Crippen molar-refractivity contribution in [3.8, 4) is 0 Å². The lowest BCUT2D eigenvalue weighted by Gasteiger charge is -2.13. The van der Waals surface area contributed by atoms with Gasteiger partial charge in [-0.1, -0.05) is 24.3 Å². The molecule has 2 amide bonds. The third kappa shape index (κ3) is 3.88. The van der Waals surface area contributed by atoms with Gasteiger partial charge in [-0.2, -0.15) is 0 Å². The molecule has 150 valence electrons. The first-order valence-corrected chi connectivity index (χ1v) is 11.2. The largest absolute Gasteiger partial charge is 0.268 e. The highest BCUT2D eigenvalue weighted by Gasteiger charge is 2.38. The van der Waals surface area contributed by atoms with Crippen molar-refractivity contribution in [3.05, 3.63) is 97.6 Å². The fourth-order valence-electron chi connectivity index (χ4n) is 3.22. The van der Waals surface area contributed by atoms with E-state index in [0.717, 1.165) is 14.7 Å². The molecule has 0 saturated carbocycles. The molecule has 5 nitrogen and oxygen atoms in total. The highest BCUT2D eigenvalue weighted by Crippen LogP contribution is 2.27. The molecule has 0 spiro atoms. The summed E-state index contributed by atoms with van der Waals surface area (Å²) >= 11 is 3.23. The van der Waals surface area contributed by atoms with Crippen molar-refractivity contribution in [3.63, 3.8) is 0 Å². The molecule has 3 aromatic heterocycles. The van der Waals surface area contributed by atoms with Crippen molar-refractivity contribution >= 4 is 64.7 Å². The Balaban J connectivity index is 1.56. The average Bonchev–Trinajstić information content (AvgIpc) is 3.54. The van der Waals surface area contributed by atoms with E-state index < -0.39 is 11.8 Å². The van der Waals surface area contributed by atoms with Gasteiger partial charge in [-0.15, -0.1) is 22.7 Å². The van der Waals surface area contributed by atoms with Crippen LogP contribution in [0, 0.1) is 0 Å². The lowest BCUT2D eigenvalue weighted by Crippen LogP contribution is -2.31. The number of nitrogens with zero attached hydrogens (tertiary/aromatic N) is 3. The van der Waals surface area contributed by atoms with Gasteiger partial charge in [0.15, 0.2) is 0 Å². The number of benzene rings is 1. The van der Waals surface area contributed by atoms with Gasteiger partial charge in [0, 0.05) is 9.75 Å². The highest BCUT2D eigenvalue weighted by molar-refractivity contribution is 7.11. The summed E-state index contributed by atoms with van der Waals surface area (Å²) in [5.41, 5.74) is 1.96. The zero-order valence-electron chi connectivity index (χ0n) is 16.1. The van der Waals surface area contributed by atoms with E-state index >= 15 is 0 Å². The number of hydrogen-bond donors (Lipinski definition) is 0. The Bertz CT molecular complexity index is 1230. The molecule has 0 unspecified atom stereocenters. The summed E-state index contributed by atoms with van der Waals surface area (Å²) in [4.78, 5) is 38.0. The minimum absolute atomic E-state index is 0.0744. The van der Waals surface area contributed by atoms with Crippen molar-refractivity contribution in [1.29, 1.82) is 0 Å². The van der Waals surface area contributed by atoms with Crippen LogP contribution in [-0.2, 0) is 0 Å². The van der Waals surface area contributed by atoms with Crippen LogP contribution in [0.5, 0.6) is 0 Å². The first-order valence-electron chi connectivity index (χ1n) is 9.49. The Labute approximate surface area is 186 Å². The number of aromatic nitrogens is 2. The monoisotopic (exact) mass is 441 g/mol. The summed E-state index contributed by atoms with van der Waals surface area (Å²) in [6, 6.07) is 16.6. The van der Waals surface area contributed by atoms with Crippen LogP contribution in [0.25, 0.3) is 24.3 Å². The molecule has 0 aliphatic carbocycles. The first-order chi connectivity index (χ1) is 15.2. The minimum atomic E-state index is -0.409. The molecule has 0 fully saturated rings. The average molecular weight is 442 g/mol. The third-order valence-corrected chi connectivity index (χ3v) is 6.35. The first kappa shape index (κ1) is 19.3. The Morgan fingerprint density at radius 1 is 0.677 bits per heavy atom. The van der Waals surface area contributed by atoms with E-state index in [9.17, 15) is 9.59 Å². The van der Waals surface area contributed by atoms with Gasteiger partial charge >= 0.3 is 0 Å². The number of carbonyl (C=O) groups is 2. The molecule has 4 heterocycles. The van der Waals surface area contributed by atoms with Gasteiger partial charge in [-0.25, -0.2) is 14.9 Å². The number of fused-ring (bicyclic) bond motifs is 1. The zero-order valence-corrected chi connectivity index (χ0v) is 17.8. The van der Waals surface area contributed by atoms with E-state index in [1.54, 1.807) is 46.9 Å². The maximum absolute atomic E-state index is 12.9. The maximum Gasteiger partial charge on any atom is 0.268 e. The van der Waals surface area contributed by atoms with Crippen LogP contribution in [0.4, 0.5) is 5.95 Å². The van der Waals surface area contributed by atoms with Crippen molar-refractivity contribution in [2.45, 2.75) is 0 Å². The summed E-state index contributed by atoms with van der Waals surface area (Å²) in [6.07, 6.45) is 7.62. The van der Waals surface area contributed by atoms with Gasteiger partial charge in [0.1, 0.15) is 0 Å². The van der Waals surface area contributed by atoms with E-state index in [1.807, 2.05) is 65.4 Å². The van der Waals surface area contributed by atoms with Crippen molar-refractivity contribution in [2.24, 2.45) is 0 Å². The van der Waals surface area contributed by atoms with Gasteiger partial charge in [-0.3, -0.25) is 9.59 Å². The smallest absolute Gasteiger partial charge is 0.268 e. The van der Waals surface area contributed by atoms with Gasteiger partial charge in [0.25, 0.3) is 11.8 Å². The highest BCUT2D eigenvalue weighted by atomic mass is 32.1. The molecule has 0 bridgehead atoms. The van der Waals surface area contributed by atoms with Gasteiger partial charge in [-0.05, 0) is 65.4 Å². The van der Waals surface area contributed by atoms with Crippen LogP contribution in [0.1, 0.15) is 41.9 Å². The van der Waals surface area contributed by atoms with E-state index in [2.05, 4.69) is 9.97 Å². The van der Waals surface area contributed by atoms with Crippen molar-refractivity contribution in [1.82, 2.24) is 9.97 Å². The van der Waals surface area contributed by atoms with Gasteiger partial charge < -0.3 is 0 Å². The fraction of sp³-hybridized carbons (Fsp3) is 0. The van der Waals surface area contributed by atoms with Crippen LogP contribution in [0.15, 0.2) is 65.4 Å². The number of amides is 2. The van der Waals surface area contributed by atoms with Crippen LogP contribution >= 0.6 is 22.7 Å². The molecule has 4 aromatic rings. The molecule has 7 heteroatoms. The molecule has 0 atom stereocenters. The zero-order chi connectivity index (χ0) is 21.2. The number of rotatable bonds is 5. The standard InChI is InChI=1S/C24H15N3O2S2/c28-22-20-7-1-2-8-21(20)23(29)27(22)24-25-16(9-11-18-5-3-13-30-18)15-17(26-24)10-12-19-6-4-14-31-19/h1-15H/b11-9+,12-10+. The Hall–Kier alpha value is -3.68. The van der Waals surface area contributed by atoms with E-state index in [4.69, 9.17) is 0 Å². The number of carbonyl (C=O) groups excluding carboxylic acids is 2. The molecule has 1 aliphatic heterocycles. The molecule has 1 aliphatic rings. The summed E-state index contributed by atoms with van der Waals surface area (Å²) in [5.74, 6) is -0.744. The molecule has 31 heavy (non-hydrogen) atoms. The number of hydrogen-bond acceptors (Lipinski definition) is 6. The van der Waals surface area contributed by atoms with Crippen LogP contribution in [0.2, 0.25) is 0 Å². The predicted molar refractivity (Wildman–Crippen MR) is 126 cm³/mol. The molecule has 0 N–H and O–H groups in total. The summed E-state index contributed by atoms with van der Waals surface area (Å²) < 4.78 is 0. The predicted octanol–water partition coefficient (Wildman–Crippen LogP) is 5.74. The normalized spacial score (nSPS) is 13.6. The molecule has 5 rings (SSSR count). The maximum atomic E-state index is 12.9. The Morgan fingerprint density at radius 3 is 1.65 bits per heavy atom. The SMILES string of the molecule is O=C1c2ccccc2C(=O)N1c1nc(/C=C/c2cccs2)cc(/C=C/c2cccs2)n1. The fourth-order valence-corrected chi connectivity index (χ4v) is 4.46. The summed E-state index contributed by atoms with van der Waals surface area (Å²) in [7, 11) is 0. The summed E-state index contributed by atoms with van der Waals surface area (Å²) in [5, 5.41) is 4.00. The van der Waals surface area contributed by atoms with E-state index in [1.165, 1.54) is 0 Å². The lowest BCUT2D eigenvalue weighted by atomic mass is 10.1.